The monoisotopic (exact) mass is 630 g/mol. The third kappa shape index (κ3) is 8.25. The topological polar surface area (TPSA) is 159 Å². The standard InChI is InChI=1S/C31H42N4O8S/c1-21-12-8-5-4-6-9-13-22-17-31(22,29(39)33-44(41,42)20-27(37)32-23-14-10-7-11-15-23)18-26(36)25-16-24(19-35(25)28(21)38)43-30(40)34(2)3/h7,9-11,13-15,21-22,24-25H,4-6,8,12,16-20H2,1-3H3,(H,32,37)(H,33,39)/b13-9-/t21-,22-,24+,25-,31+/m0/s1. The second kappa shape index (κ2) is 13.9. The number of amides is 4. The van der Waals surface area contributed by atoms with Gasteiger partial charge in [-0.25, -0.2) is 13.2 Å². The zero-order valence-electron chi connectivity index (χ0n) is 25.5. The number of anilines is 1. The van der Waals surface area contributed by atoms with E-state index in [-0.39, 0.29) is 43.6 Å². The van der Waals surface area contributed by atoms with Gasteiger partial charge in [0, 0.05) is 38.5 Å². The van der Waals surface area contributed by atoms with E-state index in [9.17, 15) is 32.4 Å². The van der Waals surface area contributed by atoms with Gasteiger partial charge in [0.2, 0.25) is 27.7 Å². The highest BCUT2D eigenvalue weighted by molar-refractivity contribution is 7.90. The van der Waals surface area contributed by atoms with Crippen molar-refractivity contribution in [2.75, 3.05) is 31.7 Å². The van der Waals surface area contributed by atoms with Crippen molar-refractivity contribution in [3.63, 3.8) is 0 Å². The Morgan fingerprint density at radius 3 is 2.52 bits per heavy atom. The van der Waals surface area contributed by atoms with Crippen LogP contribution < -0.4 is 10.0 Å². The molecule has 2 heterocycles. The summed E-state index contributed by atoms with van der Waals surface area (Å²) in [6.07, 6.45) is 6.65. The van der Waals surface area contributed by atoms with Gasteiger partial charge >= 0.3 is 6.09 Å². The van der Waals surface area contributed by atoms with Crippen LogP contribution in [0.4, 0.5) is 10.5 Å². The predicted octanol–water partition coefficient (Wildman–Crippen LogP) is 2.86. The highest BCUT2D eigenvalue weighted by Crippen LogP contribution is 2.57. The molecular weight excluding hydrogens is 588 g/mol. The van der Waals surface area contributed by atoms with Gasteiger partial charge in [0.05, 0.1) is 18.0 Å². The number of Topliss-reactive ketones (excluding diaryl/α,β-unsaturated/α-hetero) is 1. The molecular formula is C31H42N4O8S. The molecule has 2 aliphatic heterocycles. The van der Waals surface area contributed by atoms with Crippen molar-refractivity contribution in [2.24, 2.45) is 17.3 Å². The van der Waals surface area contributed by atoms with Gasteiger partial charge in [-0.05, 0) is 43.7 Å². The van der Waals surface area contributed by atoms with Crippen molar-refractivity contribution in [1.82, 2.24) is 14.5 Å². The highest BCUT2D eigenvalue weighted by atomic mass is 32.2. The van der Waals surface area contributed by atoms with Crippen molar-refractivity contribution >= 4 is 45.3 Å². The first-order valence-electron chi connectivity index (χ1n) is 15.1. The number of nitrogens with zero attached hydrogens (tertiary/aromatic N) is 2. The lowest BCUT2D eigenvalue weighted by atomic mass is 9.91. The SMILES string of the molecule is C[C@H]1CCCCC/C=C\[C@H]2C[C@@]2(C(=O)NS(=O)(=O)CC(=O)Nc2ccccc2)CC(=O)[C@@H]2C[C@@H](OC(=O)N(C)C)CN2C1=O. The summed E-state index contributed by atoms with van der Waals surface area (Å²) >= 11 is 0. The summed E-state index contributed by atoms with van der Waals surface area (Å²) in [5, 5.41) is 2.49. The van der Waals surface area contributed by atoms with Crippen LogP contribution in [0.5, 0.6) is 0 Å². The number of fused-ring (bicyclic) bond motifs is 2. The summed E-state index contributed by atoms with van der Waals surface area (Å²) in [4.78, 5) is 68.4. The smallest absolute Gasteiger partial charge is 0.409 e. The number of benzene rings is 1. The minimum absolute atomic E-state index is 0.0621. The molecule has 0 spiro atoms. The van der Waals surface area contributed by atoms with E-state index in [1.54, 1.807) is 30.3 Å². The minimum atomic E-state index is -4.38. The minimum Gasteiger partial charge on any atom is -0.444 e. The Morgan fingerprint density at radius 1 is 1.09 bits per heavy atom. The van der Waals surface area contributed by atoms with Gasteiger partial charge in [0.15, 0.2) is 5.78 Å². The second-order valence-corrected chi connectivity index (χ2v) is 14.0. The first-order chi connectivity index (χ1) is 20.8. The number of nitrogens with one attached hydrogen (secondary N) is 2. The highest BCUT2D eigenvalue weighted by Gasteiger charge is 2.61. The number of hydrogen-bond donors (Lipinski definition) is 2. The molecule has 2 fully saturated rings. The fraction of sp³-hybridized carbons (Fsp3) is 0.581. The van der Waals surface area contributed by atoms with Gasteiger partial charge in [0.1, 0.15) is 11.9 Å². The van der Waals surface area contributed by atoms with E-state index < -0.39 is 57.0 Å². The molecule has 240 valence electrons. The summed E-state index contributed by atoms with van der Waals surface area (Å²) in [5.74, 6) is -3.96. The van der Waals surface area contributed by atoms with Crippen LogP contribution in [-0.2, 0) is 33.9 Å². The van der Waals surface area contributed by atoms with Crippen LogP contribution >= 0.6 is 0 Å². The number of para-hydroxylation sites is 1. The molecule has 0 aromatic heterocycles. The van der Waals surface area contributed by atoms with E-state index in [0.717, 1.165) is 25.7 Å². The molecule has 0 unspecified atom stereocenters. The number of sulfonamides is 1. The van der Waals surface area contributed by atoms with E-state index in [2.05, 4.69) is 5.32 Å². The van der Waals surface area contributed by atoms with Crippen molar-refractivity contribution < 1.29 is 37.1 Å². The van der Waals surface area contributed by atoms with E-state index in [1.165, 1.54) is 23.9 Å². The molecule has 0 radical (unpaired) electrons. The van der Waals surface area contributed by atoms with Crippen molar-refractivity contribution in [2.45, 2.75) is 70.4 Å². The molecule has 5 atom stereocenters. The van der Waals surface area contributed by atoms with Crippen LogP contribution in [0.2, 0.25) is 0 Å². The van der Waals surface area contributed by atoms with Crippen molar-refractivity contribution in [3.05, 3.63) is 42.5 Å². The molecule has 3 aliphatic rings. The summed E-state index contributed by atoms with van der Waals surface area (Å²) < 4.78 is 33.4. The Balaban J connectivity index is 1.53. The van der Waals surface area contributed by atoms with Gasteiger partial charge in [0.25, 0.3) is 0 Å². The van der Waals surface area contributed by atoms with Crippen LogP contribution in [0.3, 0.4) is 0 Å². The molecule has 12 nitrogen and oxygen atoms in total. The summed E-state index contributed by atoms with van der Waals surface area (Å²) in [6, 6.07) is 7.42. The zero-order valence-corrected chi connectivity index (χ0v) is 26.3. The number of allylic oxidation sites excluding steroid dienone is 2. The van der Waals surface area contributed by atoms with E-state index in [1.807, 2.05) is 23.8 Å². The molecule has 1 aromatic carbocycles. The third-order valence-electron chi connectivity index (χ3n) is 8.55. The average Bonchev–Trinajstić information content (AvgIpc) is 3.49. The van der Waals surface area contributed by atoms with Gasteiger partial charge in [-0.3, -0.25) is 23.9 Å². The largest absolute Gasteiger partial charge is 0.444 e. The third-order valence-corrected chi connectivity index (χ3v) is 9.69. The molecule has 13 heteroatoms. The fourth-order valence-electron chi connectivity index (χ4n) is 5.97. The maximum atomic E-state index is 13.9. The zero-order chi connectivity index (χ0) is 32.1. The van der Waals surface area contributed by atoms with Gasteiger partial charge < -0.3 is 19.9 Å². The van der Waals surface area contributed by atoms with Crippen molar-refractivity contribution in [3.8, 4) is 0 Å². The number of rotatable bonds is 6. The molecule has 1 aliphatic carbocycles. The van der Waals surface area contributed by atoms with Crippen LogP contribution in [0.1, 0.15) is 58.3 Å². The number of carbonyl (C=O) groups is 5. The van der Waals surface area contributed by atoms with Crippen LogP contribution in [0.25, 0.3) is 0 Å². The van der Waals surface area contributed by atoms with Crippen LogP contribution in [0, 0.1) is 17.3 Å². The predicted molar refractivity (Wildman–Crippen MR) is 163 cm³/mol. The lowest BCUT2D eigenvalue weighted by Gasteiger charge is -2.27. The van der Waals surface area contributed by atoms with Gasteiger partial charge in [-0.2, -0.15) is 0 Å². The first kappa shape index (κ1) is 33.2. The quantitative estimate of drug-likeness (QED) is 0.454. The van der Waals surface area contributed by atoms with Crippen molar-refractivity contribution in [1.29, 1.82) is 0 Å². The molecule has 4 amide bonds. The van der Waals surface area contributed by atoms with Gasteiger partial charge in [-0.1, -0.05) is 50.1 Å². The Kier molecular flexibility index (Phi) is 10.5. The van der Waals surface area contributed by atoms with Gasteiger partial charge in [-0.15, -0.1) is 0 Å². The second-order valence-electron chi connectivity index (χ2n) is 12.3. The first-order valence-corrected chi connectivity index (χ1v) is 16.7. The fourth-order valence-corrected chi connectivity index (χ4v) is 6.94. The Labute approximate surface area is 258 Å². The van der Waals surface area contributed by atoms with Crippen LogP contribution in [0.15, 0.2) is 42.5 Å². The van der Waals surface area contributed by atoms with E-state index in [4.69, 9.17) is 4.74 Å². The van der Waals surface area contributed by atoms with E-state index in [0.29, 0.717) is 12.1 Å². The maximum Gasteiger partial charge on any atom is 0.409 e. The number of ketones is 1. The molecule has 1 saturated heterocycles. The molecule has 1 aromatic rings. The lowest BCUT2D eigenvalue weighted by molar-refractivity contribution is -0.141. The molecule has 1 saturated carbocycles. The van der Waals surface area contributed by atoms with E-state index >= 15 is 0 Å². The Morgan fingerprint density at radius 2 is 1.82 bits per heavy atom. The average molecular weight is 631 g/mol. The number of hydrogen-bond acceptors (Lipinski definition) is 8. The molecule has 44 heavy (non-hydrogen) atoms. The Hall–Kier alpha value is -3.74. The lowest BCUT2D eigenvalue weighted by Crippen LogP contribution is -2.46. The summed E-state index contributed by atoms with van der Waals surface area (Å²) in [5.41, 5.74) is -0.924. The molecule has 2 N–H and O–H groups in total. The molecule has 4 rings (SSSR count). The number of carbonyl (C=O) groups excluding carboxylic acids is 5. The summed E-state index contributed by atoms with van der Waals surface area (Å²) in [7, 11) is -1.30. The summed E-state index contributed by atoms with van der Waals surface area (Å²) in [6.45, 7) is 1.89. The Bertz CT molecular complexity index is 1400. The normalized spacial score (nSPS) is 28.4. The maximum absolute atomic E-state index is 13.9. The van der Waals surface area contributed by atoms with Crippen LogP contribution in [-0.4, -0.2) is 86.4 Å². The molecule has 0 bridgehead atoms. The number of ether oxygens (including phenoxy) is 1.